The number of benzene rings is 1. The second-order valence-corrected chi connectivity index (χ2v) is 5.72. The number of hydrogen-bond donors (Lipinski definition) is 2. The predicted molar refractivity (Wildman–Crippen MR) is 68.8 cm³/mol. The Kier molecular flexibility index (Phi) is 4.81. The molecule has 0 aromatic heterocycles. The van der Waals surface area contributed by atoms with Gasteiger partial charge < -0.3 is 5.73 Å². The van der Waals surface area contributed by atoms with E-state index in [0.717, 1.165) is 6.07 Å². The Bertz CT molecular complexity index is 639. The van der Waals surface area contributed by atoms with Gasteiger partial charge in [0, 0.05) is 12.1 Å². The molecule has 0 unspecified atom stereocenters. The van der Waals surface area contributed by atoms with E-state index < -0.39 is 20.8 Å². The highest BCUT2D eigenvalue weighted by Gasteiger charge is 2.21. The highest BCUT2D eigenvalue weighted by Crippen LogP contribution is 2.26. The van der Waals surface area contributed by atoms with E-state index in [9.17, 15) is 18.0 Å². The molecule has 0 fully saturated rings. The first-order valence-corrected chi connectivity index (χ1v) is 7.01. The average molecular weight is 306 g/mol. The molecule has 0 saturated heterocycles. The Morgan fingerprint density at radius 1 is 1.37 bits per heavy atom. The molecule has 1 aromatic rings. The maximum atomic E-state index is 11.8. The summed E-state index contributed by atoms with van der Waals surface area (Å²) in [5, 5.41) is -0.234. The number of rotatable bonds is 5. The standard InChI is InChI=1S/C11H12ClNO5S/c1-6(14)2-10(15)8-4-11(19(16,17)18)9(12)3-7(8)5-13/h3-4H,2,5,13H2,1H3,(H,16,17,18). The zero-order valence-corrected chi connectivity index (χ0v) is 11.6. The van der Waals surface area contributed by atoms with E-state index in [2.05, 4.69) is 0 Å². The molecule has 0 heterocycles. The monoisotopic (exact) mass is 305 g/mol. The lowest BCUT2D eigenvalue weighted by Gasteiger charge is -2.09. The van der Waals surface area contributed by atoms with Crippen molar-refractivity contribution in [2.24, 2.45) is 5.73 Å². The Hall–Kier alpha value is -1.28. The molecule has 8 heteroatoms. The van der Waals surface area contributed by atoms with Gasteiger partial charge in [-0.05, 0) is 24.6 Å². The first-order valence-electron chi connectivity index (χ1n) is 5.19. The molecule has 19 heavy (non-hydrogen) atoms. The number of halogens is 1. The van der Waals surface area contributed by atoms with Crippen molar-refractivity contribution in [3.63, 3.8) is 0 Å². The molecule has 3 N–H and O–H groups in total. The quantitative estimate of drug-likeness (QED) is 0.480. The fraction of sp³-hybridized carbons (Fsp3) is 0.273. The van der Waals surface area contributed by atoms with Gasteiger partial charge in [-0.1, -0.05) is 11.6 Å². The van der Waals surface area contributed by atoms with Gasteiger partial charge >= 0.3 is 0 Å². The van der Waals surface area contributed by atoms with Crippen LogP contribution >= 0.6 is 11.6 Å². The normalized spacial score (nSPS) is 11.4. The van der Waals surface area contributed by atoms with Gasteiger partial charge in [0.05, 0.1) is 11.4 Å². The number of ketones is 2. The molecule has 1 rings (SSSR count). The molecule has 6 nitrogen and oxygen atoms in total. The first-order chi connectivity index (χ1) is 8.66. The topological polar surface area (TPSA) is 115 Å². The lowest BCUT2D eigenvalue weighted by atomic mass is 10.0. The van der Waals surface area contributed by atoms with Gasteiger partial charge in [-0.2, -0.15) is 8.42 Å². The van der Waals surface area contributed by atoms with Crippen molar-refractivity contribution in [3.8, 4) is 0 Å². The zero-order chi connectivity index (χ0) is 14.8. The fourth-order valence-electron chi connectivity index (χ4n) is 1.54. The summed E-state index contributed by atoms with van der Waals surface area (Å²) in [5.74, 6) is -0.939. The third kappa shape index (κ3) is 3.84. The van der Waals surface area contributed by atoms with Gasteiger partial charge in [0.1, 0.15) is 10.7 Å². The van der Waals surface area contributed by atoms with Crippen LogP contribution in [0.15, 0.2) is 17.0 Å². The van der Waals surface area contributed by atoms with Crippen molar-refractivity contribution in [1.29, 1.82) is 0 Å². The van der Waals surface area contributed by atoms with E-state index in [0.29, 0.717) is 5.56 Å². The summed E-state index contributed by atoms with van der Waals surface area (Å²) < 4.78 is 31.2. The minimum Gasteiger partial charge on any atom is -0.326 e. The summed E-state index contributed by atoms with van der Waals surface area (Å²) in [7, 11) is -4.55. The molecular weight excluding hydrogens is 294 g/mol. The van der Waals surface area contributed by atoms with Crippen molar-refractivity contribution in [2.45, 2.75) is 24.8 Å². The fourth-order valence-corrected chi connectivity index (χ4v) is 2.59. The first kappa shape index (κ1) is 15.8. The third-order valence-corrected chi connectivity index (χ3v) is 3.68. The third-order valence-electron chi connectivity index (χ3n) is 2.37. The molecule has 0 atom stereocenters. The largest absolute Gasteiger partial charge is 0.326 e. The minimum atomic E-state index is -4.55. The number of carbonyl (C=O) groups excluding carboxylic acids is 2. The second kappa shape index (κ2) is 5.79. The number of Topliss-reactive ketones (excluding diaryl/α,β-unsaturated/α-hetero) is 2. The van der Waals surface area contributed by atoms with Gasteiger partial charge in [0.2, 0.25) is 0 Å². The summed E-state index contributed by atoms with van der Waals surface area (Å²) in [6.45, 7) is 1.18. The number of nitrogens with two attached hydrogens (primary N) is 1. The molecule has 0 bridgehead atoms. The van der Waals surface area contributed by atoms with Crippen LogP contribution in [0.3, 0.4) is 0 Å². The van der Waals surface area contributed by atoms with Crippen LogP contribution in [0.4, 0.5) is 0 Å². The van der Waals surface area contributed by atoms with Gasteiger partial charge in [0.15, 0.2) is 5.78 Å². The predicted octanol–water partition coefficient (Wildman–Crippen LogP) is 1.21. The Morgan fingerprint density at radius 2 is 1.95 bits per heavy atom. The van der Waals surface area contributed by atoms with Crippen LogP contribution in [0.25, 0.3) is 0 Å². The molecule has 0 radical (unpaired) electrons. The van der Waals surface area contributed by atoms with Gasteiger partial charge in [-0.3, -0.25) is 14.1 Å². The second-order valence-electron chi connectivity index (χ2n) is 3.92. The van der Waals surface area contributed by atoms with E-state index in [1.54, 1.807) is 0 Å². The molecule has 0 aliphatic heterocycles. The smallest absolute Gasteiger partial charge is 0.296 e. The summed E-state index contributed by atoms with van der Waals surface area (Å²) >= 11 is 5.70. The van der Waals surface area contributed by atoms with Crippen LogP contribution in [-0.2, 0) is 21.5 Å². The Labute approximate surface area is 115 Å². The highest BCUT2D eigenvalue weighted by molar-refractivity contribution is 7.86. The van der Waals surface area contributed by atoms with Crippen LogP contribution in [0.1, 0.15) is 29.3 Å². The molecule has 104 valence electrons. The summed E-state index contributed by atoms with van der Waals surface area (Å²) in [4.78, 5) is 22.2. The van der Waals surface area contributed by atoms with Gasteiger partial charge in [-0.25, -0.2) is 0 Å². The van der Waals surface area contributed by atoms with E-state index in [1.165, 1.54) is 13.0 Å². The van der Waals surface area contributed by atoms with Crippen molar-refractivity contribution in [2.75, 3.05) is 0 Å². The summed E-state index contributed by atoms with van der Waals surface area (Å²) in [6, 6.07) is 2.13. The zero-order valence-electron chi connectivity index (χ0n) is 10.0. The van der Waals surface area contributed by atoms with Gasteiger partial charge in [-0.15, -0.1) is 0 Å². The molecule has 0 saturated carbocycles. The Morgan fingerprint density at radius 3 is 2.37 bits per heavy atom. The molecule has 0 aliphatic carbocycles. The van der Waals surface area contributed by atoms with E-state index in [4.69, 9.17) is 21.9 Å². The van der Waals surface area contributed by atoms with Crippen molar-refractivity contribution in [1.82, 2.24) is 0 Å². The summed E-state index contributed by atoms with van der Waals surface area (Å²) in [5.41, 5.74) is 5.72. The van der Waals surface area contributed by atoms with Crippen molar-refractivity contribution < 1.29 is 22.6 Å². The van der Waals surface area contributed by atoms with Crippen LogP contribution in [-0.4, -0.2) is 24.5 Å². The Balaban J connectivity index is 3.45. The van der Waals surface area contributed by atoms with E-state index >= 15 is 0 Å². The molecule has 0 aliphatic rings. The van der Waals surface area contributed by atoms with E-state index in [-0.39, 0.29) is 29.3 Å². The maximum Gasteiger partial charge on any atom is 0.296 e. The van der Waals surface area contributed by atoms with Crippen LogP contribution in [0.2, 0.25) is 5.02 Å². The molecule has 0 amide bonds. The number of carbonyl (C=O) groups is 2. The number of hydrogen-bond acceptors (Lipinski definition) is 5. The van der Waals surface area contributed by atoms with Crippen LogP contribution < -0.4 is 5.73 Å². The molecule has 0 spiro atoms. The summed E-state index contributed by atoms with van der Waals surface area (Å²) in [6.07, 6.45) is -0.375. The molecular formula is C11H12ClNO5S. The van der Waals surface area contributed by atoms with Crippen molar-refractivity contribution >= 4 is 33.3 Å². The molecule has 1 aromatic carbocycles. The van der Waals surface area contributed by atoms with Crippen molar-refractivity contribution in [3.05, 3.63) is 28.3 Å². The lowest BCUT2D eigenvalue weighted by molar-refractivity contribution is -0.116. The van der Waals surface area contributed by atoms with Gasteiger partial charge in [0.25, 0.3) is 10.1 Å². The highest BCUT2D eigenvalue weighted by atomic mass is 35.5. The lowest BCUT2D eigenvalue weighted by Crippen LogP contribution is -2.12. The minimum absolute atomic E-state index is 0.0327. The van der Waals surface area contributed by atoms with Crippen LogP contribution in [0, 0.1) is 0 Å². The van der Waals surface area contributed by atoms with Crippen LogP contribution in [0.5, 0.6) is 0 Å². The van der Waals surface area contributed by atoms with E-state index in [1.807, 2.05) is 0 Å². The maximum absolute atomic E-state index is 11.8. The SMILES string of the molecule is CC(=O)CC(=O)c1cc(S(=O)(=O)O)c(Cl)cc1CN. The average Bonchev–Trinajstić information content (AvgIpc) is 2.25.